The first-order chi connectivity index (χ1) is 14.7. The summed E-state index contributed by atoms with van der Waals surface area (Å²) in [5, 5.41) is 2.82. The zero-order valence-corrected chi connectivity index (χ0v) is 17.1. The van der Waals surface area contributed by atoms with E-state index in [1.807, 2.05) is 11.8 Å². The second-order valence-corrected chi connectivity index (χ2v) is 7.94. The fourth-order valence-electron chi connectivity index (χ4n) is 3.05. The van der Waals surface area contributed by atoms with E-state index in [4.69, 9.17) is 4.74 Å². The minimum atomic E-state index is -0.300. The van der Waals surface area contributed by atoms with Gasteiger partial charge in [-0.2, -0.15) is 11.8 Å². The van der Waals surface area contributed by atoms with Crippen LogP contribution < -0.4 is 15.0 Å². The van der Waals surface area contributed by atoms with Gasteiger partial charge in [0.25, 0.3) is 11.8 Å². The maximum Gasteiger partial charge on any atom is 0.263 e. The van der Waals surface area contributed by atoms with Gasteiger partial charge in [0.2, 0.25) is 0 Å². The number of anilines is 1. The molecule has 1 amide bonds. The van der Waals surface area contributed by atoms with Crippen LogP contribution in [-0.2, 0) is 6.54 Å². The fourth-order valence-corrected chi connectivity index (χ4v) is 3.96. The van der Waals surface area contributed by atoms with Crippen LogP contribution in [0.5, 0.6) is 11.6 Å². The molecule has 6 nitrogen and oxygen atoms in total. The minimum Gasteiger partial charge on any atom is -0.436 e. The van der Waals surface area contributed by atoms with Crippen molar-refractivity contribution in [2.75, 3.05) is 29.5 Å². The number of halogens is 1. The van der Waals surface area contributed by atoms with Crippen LogP contribution in [0.15, 0.2) is 60.9 Å². The predicted molar refractivity (Wildman–Crippen MR) is 116 cm³/mol. The predicted octanol–water partition coefficient (Wildman–Crippen LogP) is 3.89. The standard InChI is InChI=1S/C22H21FN4O2S/c23-18-5-1-16(2-6-18)15-26-21(28)17-3-7-19(8-4-17)29-22-20(24-9-10-25-22)27-11-13-30-14-12-27/h1-10H,11-15H2,(H,26,28). The number of hydrogen-bond acceptors (Lipinski definition) is 6. The molecule has 0 radical (unpaired) electrons. The van der Waals surface area contributed by atoms with E-state index in [2.05, 4.69) is 20.2 Å². The third kappa shape index (κ3) is 5.07. The molecule has 0 spiro atoms. The number of hydrogen-bond donors (Lipinski definition) is 1. The Balaban J connectivity index is 1.39. The molecule has 0 aliphatic carbocycles. The molecule has 1 aliphatic rings. The molecule has 1 saturated heterocycles. The van der Waals surface area contributed by atoms with Gasteiger partial charge < -0.3 is 15.0 Å². The third-order valence-electron chi connectivity index (χ3n) is 4.65. The molecule has 0 bridgehead atoms. The van der Waals surface area contributed by atoms with Crippen LogP contribution in [0.2, 0.25) is 0 Å². The van der Waals surface area contributed by atoms with E-state index < -0.39 is 0 Å². The van der Waals surface area contributed by atoms with Gasteiger partial charge in [0.1, 0.15) is 11.6 Å². The largest absolute Gasteiger partial charge is 0.436 e. The average molecular weight is 425 g/mol. The topological polar surface area (TPSA) is 67.3 Å². The van der Waals surface area contributed by atoms with Crippen molar-refractivity contribution in [2.45, 2.75) is 6.54 Å². The Hall–Kier alpha value is -3.13. The summed E-state index contributed by atoms with van der Waals surface area (Å²) >= 11 is 1.93. The Kier molecular flexibility index (Phi) is 6.44. The third-order valence-corrected chi connectivity index (χ3v) is 5.60. The van der Waals surface area contributed by atoms with E-state index in [1.165, 1.54) is 12.1 Å². The summed E-state index contributed by atoms with van der Waals surface area (Å²) in [4.78, 5) is 23.3. The molecule has 1 N–H and O–H groups in total. The lowest BCUT2D eigenvalue weighted by Crippen LogP contribution is -2.33. The van der Waals surface area contributed by atoms with Crippen LogP contribution in [0, 0.1) is 5.82 Å². The van der Waals surface area contributed by atoms with Gasteiger partial charge in [0.05, 0.1) is 0 Å². The number of nitrogens with zero attached hydrogens (tertiary/aromatic N) is 3. The summed E-state index contributed by atoms with van der Waals surface area (Å²) in [5.41, 5.74) is 1.34. The van der Waals surface area contributed by atoms with Crippen molar-refractivity contribution < 1.29 is 13.9 Å². The van der Waals surface area contributed by atoms with Crippen LogP contribution >= 0.6 is 11.8 Å². The van der Waals surface area contributed by atoms with Crippen LogP contribution in [0.1, 0.15) is 15.9 Å². The monoisotopic (exact) mass is 424 g/mol. The number of carbonyl (C=O) groups is 1. The maximum absolute atomic E-state index is 13.0. The first-order valence-electron chi connectivity index (χ1n) is 9.63. The number of thioether (sulfide) groups is 1. The van der Waals surface area contributed by atoms with Gasteiger partial charge in [0.15, 0.2) is 5.82 Å². The lowest BCUT2D eigenvalue weighted by molar-refractivity contribution is 0.0951. The Morgan fingerprint density at radius 3 is 2.47 bits per heavy atom. The molecule has 2 aromatic carbocycles. The van der Waals surface area contributed by atoms with Crippen molar-refractivity contribution in [3.63, 3.8) is 0 Å². The molecule has 2 heterocycles. The average Bonchev–Trinajstić information content (AvgIpc) is 2.80. The zero-order chi connectivity index (χ0) is 20.8. The normalized spacial score (nSPS) is 13.7. The summed E-state index contributed by atoms with van der Waals surface area (Å²) in [6.45, 7) is 2.15. The molecule has 0 atom stereocenters. The zero-order valence-electron chi connectivity index (χ0n) is 16.3. The van der Waals surface area contributed by atoms with E-state index >= 15 is 0 Å². The molecule has 1 fully saturated rings. The number of ether oxygens (including phenoxy) is 1. The van der Waals surface area contributed by atoms with Crippen molar-refractivity contribution in [3.8, 4) is 11.6 Å². The highest BCUT2D eigenvalue weighted by Crippen LogP contribution is 2.29. The van der Waals surface area contributed by atoms with Gasteiger partial charge in [-0.25, -0.2) is 14.4 Å². The van der Waals surface area contributed by atoms with Crippen molar-refractivity contribution in [3.05, 3.63) is 77.9 Å². The molecule has 1 aromatic heterocycles. The molecular weight excluding hydrogens is 403 g/mol. The summed E-state index contributed by atoms with van der Waals surface area (Å²) in [7, 11) is 0. The number of aromatic nitrogens is 2. The van der Waals surface area contributed by atoms with Crippen molar-refractivity contribution >= 4 is 23.5 Å². The fraction of sp³-hybridized carbons (Fsp3) is 0.227. The molecular formula is C22H21FN4O2S. The van der Waals surface area contributed by atoms with Gasteiger partial charge >= 0.3 is 0 Å². The minimum absolute atomic E-state index is 0.211. The van der Waals surface area contributed by atoms with E-state index in [0.29, 0.717) is 23.7 Å². The first kappa shape index (κ1) is 20.2. The van der Waals surface area contributed by atoms with Crippen LogP contribution in [0.25, 0.3) is 0 Å². The van der Waals surface area contributed by atoms with Crippen molar-refractivity contribution in [2.24, 2.45) is 0 Å². The maximum atomic E-state index is 13.0. The van der Waals surface area contributed by atoms with E-state index in [9.17, 15) is 9.18 Å². The van der Waals surface area contributed by atoms with Gasteiger partial charge in [-0.1, -0.05) is 12.1 Å². The first-order valence-corrected chi connectivity index (χ1v) is 10.8. The van der Waals surface area contributed by atoms with E-state index in [0.717, 1.165) is 36.0 Å². The van der Waals surface area contributed by atoms with Gasteiger partial charge in [-0.05, 0) is 42.0 Å². The highest BCUT2D eigenvalue weighted by atomic mass is 32.2. The molecule has 0 unspecified atom stereocenters. The number of rotatable bonds is 6. The Labute approximate surface area is 178 Å². The highest BCUT2D eigenvalue weighted by Gasteiger charge is 2.18. The number of nitrogens with one attached hydrogen (secondary N) is 1. The van der Waals surface area contributed by atoms with Gasteiger partial charge in [0, 0.05) is 49.1 Å². The highest BCUT2D eigenvalue weighted by molar-refractivity contribution is 7.99. The Bertz CT molecular complexity index is 993. The summed E-state index contributed by atoms with van der Waals surface area (Å²) in [6, 6.07) is 12.9. The van der Waals surface area contributed by atoms with E-state index in [1.54, 1.807) is 48.8 Å². The Morgan fingerprint density at radius 1 is 1.03 bits per heavy atom. The van der Waals surface area contributed by atoms with Gasteiger partial charge in [-0.3, -0.25) is 4.79 Å². The molecule has 4 rings (SSSR count). The van der Waals surface area contributed by atoms with Crippen LogP contribution in [-0.4, -0.2) is 40.5 Å². The lowest BCUT2D eigenvalue weighted by atomic mass is 10.2. The summed E-state index contributed by atoms with van der Waals surface area (Å²) in [5.74, 6) is 3.37. The molecule has 8 heteroatoms. The molecule has 0 saturated carbocycles. The molecule has 3 aromatic rings. The smallest absolute Gasteiger partial charge is 0.263 e. The number of carbonyl (C=O) groups excluding carboxylic acids is 1. The van der Waals surface area contributed by atoms with Gasteiger partial charge in [-0.15, -0.1) is 0 Å². The van der Waals surface area contributed by atoms with Crippen molar-refractivity contribution in [1.82, 2.24) is 15.3 Å². The summed E-state index contributed by atoms with van der Waals surface area (Å²) in [6.07, 6.45) is 3.27. The number of amides is 1. The second-order valence-electron chi connectivity index (χ2n) is 6.72. The number of benzene rings is 2. The lowest BCUT2D eigenvalue weighted by Gasteiger charge is -2.28. The van der Waals surface area contributed by atoms with E-state index in [-0.39, 0.29) is 11.7 Å². The Morgan fingerprint density at radius 2 is 1.73 bits per heavy atom. The second kappa shape index (κ2) is 9.58. The molecule has 30 heavy (non-hydrogen) atoms. The quantitative estimate of drug-likeness (QED) is 0.648. The molecule has 154 valence electrons. The van der Waals surface area contributed by atoms with Crippen molar-refractivity contribution in [1.29, 1.82) is 0 Å². The van der Waals surface area contributed by atoms with Crippen LogP contribution in [0.4, 0.5) is 10.2 Å². The SMILES string of the molecule is O=C(NCc1ccc(F)cc1)c1ccc(Oc2nccnc2N2CCSCC2)cc1. The molecule has 1 aliphatic heterocycles. The summed E-state index contributed by atoms with van der Waals surface area (Å²) < 4.78 is 18.9. The van der Waals surface area contributed by atoms with Crippen LogP contribution in [0.3, 0.4) is 0 Å².